The van der Waals surface area contributed by atoms with Crippen LogP contribution in [0.2, 0.25) is 0 Å². The maximum Gasteiger partial charge on any atom is 0.410 e. The molecule has 3 aromatic heterocycles. The Labute approximate surface area is 196 Å². The summed E-state index contributed by atoms with van der Waals surface area (Å²) in [6.07, 6.45) is 6.12. The van der Waals surface area contributed by atoms with Crippen molar-refractivity contribution in [2.75, 3.05) is 43.5 Å². The predicted molar refractivity (Wildman–Crippen MR) is 124 cm³/mol. The Morgan fingerprint density at radius 3 is 2.38 bits per heavy atom. The van der Waals surface area contributed by atoms with Gasteiger partial charge < -0.3 is 24.6 Å². The second kappa shape index (κ2) is 9.12. The zero-order valence-corrected chi connectivity index (χ0v) is 19.9. The fraction of sp³-hybridized carbons (Fsp3) is 0.455. The first kappa shape index (κ1) is 23.2. The lowest BCUT2D eigenvalue weighted by Crippen LogP contribution is -2.50. The summed E-state index contributed by atoms with van der Waals surface area (Å²) in [4.78, 5) is 45.9. The van der Waals surface area contributed by atoms with Gasteiger partial charge in [0.15, 0.2) is 5.82 Å². The minimum absolute atomic E-state index is 0.152. The lowest BCUT2D eigenvalue weighted by molar-refractivity contribution is 0.0240. The average Bonchev–Trinajstić information content (AvgIpc) is 3.17. The van der Waals surface area contributed by atoms with Gasteiger partial charge in [-0.05, 0) is 27.7 Å². The van der Waals surface area contributed by atoms with Crippen molar-refractivity contribution in [3.8, 4) is 5.88 Å². The van der Waals surface area contributed by atoms with E-state index in [0.29, 0.717) is 49.3 Å². The van der Waals surface area contributed by atoms with Crippen molar-refractivity contribution >= 4 is 29.3 Å². The van der Waals surface area contributed by atoms with Crippen LogP contribution in [-0.2, 0) is 4.74 Å². The number of methoxy groups -OCH3 is 1. The van der Waals surface area contributed by atoms with Gasteiger partial charge in [-0.25, -0.2) is 19.7 Å². The highest BCUT2D eigenvalue weighted by molar-refractivity contribution is 6.02. The number of hydrogen-bond donors (Lipinski definition) is 1. The van der Waals surface area contributed by atoms with Crippen molar-refractivity contribution in [3.05, 3.63) is 36.2 Å². The Hall–Kier alpha value is -3.96. The summed E-state index contributed by atoms with van der Waals surface area (Å²) in [6, 6.07) is 0. The molecular weight excluding hydrogens is 440 g/mol. The summed E-state index contributed by atoms with van der Waals surface area (Å²) in [7, 11) is 1.50. The van der Waals surface area contributed by atoms with E-state index in [1.165, 1.54) is 13.3 Å². The molecule has 12 nitrogen and oxygen atoms in total. The maximum atomic E-state index is 12.7. The van der Waals surface area contributed by atoms with Crippen molar-refractivity contribution in [1.82, 2.24) is 29.2 Å². The first-order valence-electron chi connectivity index (χ1n) is 10.9. The van der Waals surface area contributed by atoms with Gasteiger partial charge in [0.2, 0.25) is 5.65 Å². The normalized spacial score (nSPS) is 14.3. The van der Waals surface area contributed by atoms with E-state index in [1.54, 1.807) is 21.7 Å². The van der Waals surface area contributed by atoms with Crippen molar-refractivity contribution in [2.24, 2.45) is 0 Å². The van der Waals surface area contributed by atoms with Gasteiger partial charge in [-0.1, -0.05) is 0 Å². The molecule has 1 aliphatic heterocycles. The van der Waals surface area contributed by atoms with E-state index in [0.717, 1.165) is 5.69 Å². The number of anilines is 2. The molecular formula is C22H28N8O4. The average molecular weight is 469 g/mol. The first-order chi connectivity index (χ1) is 16.1. The summed E-state index contributed by atoms with van der Waals surface area (Å²) in [6.45, 7) is 9.61. The number of piperazine rings is 1. The van der Waals surface area contributed by atoms with Gasteiger partial charge in [0.05, 0.1) is 31.4 Å². The van der Waals surface area contributed by atoms with E-state index in [-0.39, 0.29) is 11.8 Å². The number of hydrogen-bond acceptors (Lipinski definition) is 9. The molecule has 0 atom stereocenters. The Balaban J connectivity index is 1.38. The Morgan fingerprint density at radius 1 is 1.03 bits per heavy atom. The second-order valence-corrected chi connectivity index (χ2v) is 8.92. The van der Waals surface area contributed by atoms with Gasteiger partial charge in [-0.3, -0.25) is 9.20 Å². The van der Waals surface area contributed by atoms with Crippen LogP contribution >= 0.6 is 0 Å². The number of imidazole rings is 1. The number of carbonyl (C=O) groups is 2. The Morgan fingerprint density at radius 2 is 1.76 bits per heavy atom. The van der Waals surface area contributed by atoms with Gasteiger partial charge in [0.25, 0.3) is 11.8 Å². The summed E-state index contributed by atoms with van der Waals surface area (Å²) in [5, 5.41) is 2.72. The number of nitrogens with one attached hydrogen (secondary N) is 1. The first-order valence-corrected chi connectivity index (χ1v) is 10.9. The van der Waals surface area contributed by atoms with Crippen LogP contribution in [0, 0.1) is 6.92 Å². The lowest BCUT2D eigenvalue weighted by atomic mass is 10.2. The highest BCUT2D eigenvalue weighted by atomic mass is 16.6. The highest BCUT2D eigenvalue weighted by Crippen LogP contribution is 2.20. The number of nitrogens with zero attached hydrogens (tertiary/aromatic N) is 7. The molecule has 180 valence electrons. The molecule has 1 fully saturated rings. The van der Waals surface area contributed by atoms with Gasteiger partial charge in [0.1, 0.15) is 17.1 Å². The predicted octanol–water partition coefficient (Wildman–Crippen LogP) is 2.15. The molecule has 0 aromatic carbocycles. The molecule has 0 radical (unpaired) electrons. The molecule has 0 unspecified atom stereocenters. The zero-order chi connectivity index (χ0) is 24.5. The van der Waals surface area contributed by atoms with E-state index in [2.05, 4.69) is 25.3 Å². The summed E-state index contributed by atoms with van der Waals surface area (Å²) >= 11 is 0. The van der Waals surface area contributed by atoms with E-state index in [1.807, 2.05) is 38.8 Å². The molecule has 34 heavy (non-hydrogen) atoms. The number of fused-ring (bicyclic) bond motifs is 1. The second-order valence-electron chi connectivity index (χ2n) is 8.92. The quantitative estimate of drug-likeness (QED) is 0.612. The summed E-state index contributed by atoms with van der Waals surface area (Å²) in [5.74, 6) is 0.795. The molecule has 1 aliphatic rings. The smallest absolute Gasteiger partial charge is 0.410 e. The molecule has 2 amide bonds. The third-order valence-electron chi connectivity index (χ3n) is 5.09. The number of amides is 2. The van der Waals surface area contributed by atoms with Crippen LogP contribution in [0.15, 0.2) is 24.8 Å². The van der Waals surface area contributed by atoms with E-state index in [4.69, 9.17) is 9.47 Å². The third kappa shape index (κ3) is 5.16. The summed E-state index contributed by atoms with van der Waals surface area (Å²) < 4.78 is 12.5. The van der Waals surface area contributed by atoms with Crippen molar-refractivity contribution in [2.45, 2.75) is 33.3 Å². The molecule has 1 saturated heterocycles. The van der Waals surface area contributed by atoms with Crippen LogP contribution in [0.5, 0.6) is 5.88 Å². The van der Waals surface area contributed by atoms with Crippen LogP contribution in [0.3, 0.4) is 0 Å². The van der Waals surface area contributed by atoms with Gasteiger partial charge in [-0.2, -0.15) is 4.98 Å². The van der Waals surface area contributed by atoms with Gasteiger partial charge in [-0.15, -0.1) is 0 Å². The zero-order valence-electron chi connectivity index (χ0n) is 19.9. The third-order valence-corrected chi connectivity index (χ3v) is 5.09. The summed E-state index contributed by atoms with van der Waals surface area (Å²) in [5.41, 5.74) is 0.991. The fourth-order valence-corrected chi connectivity index (χ4v) is 3.52. The number of ether oxygens (including phenoxy) is 2. The standard InChI is InChI=1S/C22H28N8O4/c1-14-12-30-13-16(27-20(33-5)18(30)25-14)26-19(31)15-10-24-17(11-23-15)28-6-8-29(9-7-28)21(32)34-22(2,3)4/h10-13H,6-9H2,1-5H3,(H,26,31). The van der Waals surface area contributed by atoms with Gasteiger partial charge >= 0.3 is 6.09 Å². The molecule has 4 heterocycles. The van der Waals surface area contributed by atoms with Crippen LogP contribution in [0.25, 0.3) is 5.65 Å². The minimum Gasteiger partial charge on any atom is -0.478 e. The van der Waals surface area contributed by atoms with E-state index in [9.17, 15) is 9.59 Å². The lowest BCUT2D eigenvalue weighted by Gasteiger charge is -2.36. The number of aromatic nitrogens is 5. The Bertz CT molecular complexity index is 1190. The van der Waals surface area contributed by atoms with E-state index < -0.39 is 11.5 Å². The van der Waals surface area contributed by atoms with Crippen molar-refractivity contribution in [3.63, 3.8) is 0 Å². The van der Waals surface area contributed by atoms with Gasteiger partial charge in [0, 0.05) is 32.4 Å². The molecule has 0 aliphatic carbocycles. The number of carbonyl (C=O) groups excluding carboxylic acids is 2. The molecule has 12 heteroatoms. The van der Waals surface area contributed by atoms with Crippen LogP contribution in [0.4, 0.5) is 16.4 Å². The molecule has 0 bridgehead atoms. The molecule has 3 aromatic rings. The van der Waals surface area contributed by atoms with Crippen LogP contribution < -0.4 is 15.0 Å². The van der Waals surface area contributed by atoms with Crippen LogP contribution in [-0.4, -0.2) is 80.1 Å². The number of aryl methyl sites for hydroxylation is 1. The maximum absolute atomic E-state index is 12.7. The molecule has 4 rings (SSSR count). The topological polar surface area (TPSA) is 127 Å². The van der Waals surface area contributed by atoms with Crippen molar-refractivity contribution in [1.29, 1.82) is 0 Å². The molecule has 0 spiro atoms. The minimum atomic E-state index is -0.528. The molecule has 0 saturated carbocycles. The fourth-order valence-electron chi connectivity index (χ4n) is 3.52. The SMILES string of the molecule is COc1nc(NC(=O)c2cnc(N3CCN(C(=O)OC(C)(C)C)CC3)cn2)cn2cc(C)nc12. The highest BCUT2D eigenvalue weighted by Gasteiger charge is 2.26. The number of rotatable bonds is 4. The van der Waals surface area contributed by atoms with E-state index >= 15 is 0 Å². The largest absolute Gasteiger partial charge is 0.478 e. The monoisotopic (exact) mass is 468 g/mol. The van der Waals surface area contributed by atoms with Crippen molar-refractivity contribution < 1.29 is 19.1 Å². The Kier molecular flexibility index (Phi) is 6.22. The molecule has 1 N–H and O–H groups in total. The van der Waals surface area contributed by atoms with Crippen LogP contribution in [0.1, 0.15) is 37.0 Å².